The van der Waals surface area contributed by atoms with Crippen LogP contribution in [-0.4, -0.2) is 61.5 Å². The van der Waals surface area contributed by atoms with Gasteiger partial charge in [-0.25, -0.2) is 0 Å². The number of halogens is 1. The Hall–Kier alpha value is -1.26. The molecule has 1 amide bonds. The van der Waals surface area contributed by atoms with Crippen molar-refractivity contribution >= 4 is 23.2 Å². The van der Waals surface area contributed by atoms with Crippen LogP contribution in [0.5, 0.6) is 0 Å². The molecule has 0 aromatic heterocycles. The lowest BCUT2D eigenvalue weighted by atomic mass is 10.0. The predicted octanol–water partition coefficient (Wildman–Crippen LogP) is 3.11. The van der Waals surface area contributed by atoms with E-state index < -0.39 is 0 Å². The fourth-order valence-electron chi connectivity index (χ4n) is 3.77. The summed E-state index contributed by atoms with van der Waals surface area (Å²) in [4.78, 5) is 19.3. The number of hydrogen-bond acceptors (Lipinski definition) is 3. The molecular formula is C19H28ClN3O. The van der Waals surface area contributed by atoms with Crippen LogP contribution in [0.15, 0.2) is 24.3 Å². The standard InChI is InChI=1S/C19H28ClN3O/c1-16-3-2-9-21(15-16)10-8-19(24)23-13-11-22(12-14-23)18-6-4-17(20)5-7-18/h4-7,16H,2-3,8-15H2,1H3. The first-order valence-corrected chi connectivity index (χ1v) is 9.50. The maximum Gasteiger partial charge on any atom is 0.223 e. The van der Waals surface area contributed by atoms with Crippen LogP contribution in [0, 0.1) is 5.92 Å². The van der Waals surface area contributed by atoms with Crippen LogP contribution in [0.1, 0.15) is 26.2 Å². The molecule has 2 aliphatic heterocycles. The topological polar surface area (TPSA) is 26.8 Å². The number of piperidine rings is 1. The van der Waals surface area contributed by atoms with Gasteiger partial charge in [0.05, 0.1) is 0 Å². The molecule has 2 heterocycles. The van der Waals surface area contributed by atoms with E-state index in [1.165, 1.54) is 18.5 Å². The van der Waals surface area contributed by atoms with Gasteiger partial charge in [-0.05, 0) is 49.6 Å². The molecule has 2 aliphatic rings. The highest BCUT2D eigenvalue weighted by molar-refractivity contribution is 6.30. The van der Waals surface area contributed by atoms with Crippen LogP contribution in [0.25, 0.3) is 0 Å². The second-order valence-corrected chi connectivity index (χ2v) is 7.58. The van der Waals surface area contributed by atoms with Crippen molar-refractivity contribution in [2.24, 2.45) is 5.92 Å². The number of anilines is 1. The Morgan fingerprint density at radius 1 is 1.12 bits per heavy atom. The molecule has 1 aromatic carbocycles. The maximum absolute atomic E-state index is 12.5. The second kappa shape index (κ2) is 8.21. The third-order valence-corrected chi connectivity index (χ3v) is 5.46. The van der Waals surface area contributed by atoms with Gasteiger partial charge in [-0.15, -0.1) is 0 Å². The minimum Gasteiger partial charge on any atom is -0.368 e. The molecule has 2 saturated heterocycles. The van der Waals surface area contributed by atoms with Crippen molar-refractivity contribution < 1.29 is 4.79 Å². The number of carbonyl (C=O) groups excluding carboxylic acids is 1. The molecule has 0 radical (unpaired) electrons. The van der Waals surface area contributed by atoms with Crippen LogP contribution >= 0.6 is 11.6 Å². The fourth-order valence-corrected chi connectivity index (χ4v) is 3.89. The van der Waals surface area contributed by atoms with Crippen molar-refractivity contribution in [2.45, 2.75) is 26.2 Å². The van der Waals surface area contributed by atoms with Crippen LogP contribution in [0.3, 0.4) is 0 Å². The Labute approximate surface area is 150 Å². The summed E-state index contributed by atoms with van der Waals surface area (Å²) in [6.07, 6.45) is 3.26. The minimum absolute atomic E-state index is 0.309. The molecule has 1 aromatic rings. The Morgan fingerprint density at radius 3 is 2.50 bits per heavy atom. The summed E-state index contributed by atoms with van der Waals surface area (Å²) in [5.41, 5.74) is 1.19. The van der Waals surface area contributed by atoms with E-state index in [2.05, 4.69) is 28.9 Å². The summed E-state index contributed by atoms with van der Waals surface area (Å²) in [6.45, 7) is 8.96. The molecule has 132 valence electrons. The molecular weight excluding hydrogens is 322 g/mol. The minimum atomic E-state index is 0.309. The summed E-state index contributed by atoms with van der Waals surface area (Å²) in [5, 5.41) is 0.764. The van der Waals surface area contributed by atoms with Crippen molar-refractivity contribution in [3.63, 3.8) is 0 Å². The first-order chi connectivity index (χ1) is 11.6. The molecule has 3 rings (SSSR count). The average Bonchev–Trinajstić information content (AvgIpc) is 2.61. The third kappa shape index (κ3) is 4.64. The lowest BCUT2D eigenvalue weighted by Crippen LogP contribution is -2.49. The molecule has 0 N–H and O–H groups in total. The predicted molar refractivity (Wildman–Crippen MR) is 99.7 cm³/mol. The van der Waals surface area contributed by atoms with Gasteiger partial charge in [-0.1, -0.05) is 18.5 Å². The van der Waals surface area contributed by atoms with Crippen molar-refractivity contribution in [1.82, 2.24) is 9.80 Å². The van der Waals surface area contributed by atoms with Gasteiger partial charge in [0.15, 0.2) is 0 Å². The number of piperazine rings is 1. The smallest absolute Gasteiger partial charge is 0.223 e. The molecule has 1 unspecified atom stereocenters. The van der Waals surface area contributed by atoms with Crippen LogP contribution in [0.4, 0.5) is 5.69 Å². The van der Waals surface area contributed by atoms with Gasteiger partial charge in [0.25, 0.3) is 0 Å². The number of hydrogen-bond donors (Lipinski definition) is 0. The van der Waals surface area contributed by atoms with Gasteiger partial charge in [0.2, 0.25) is 5.91 Å². The van der Waals surface area contributed by atoms with Crippen LogP contribution in [-0.2, 0) is 4.79 Å². The van der Waals surface area contributed by atoms with E-state index in [0.717, 1.165) is 56.8 Å². The Balaban J connectivity index is 1.42. The number of nitrogens with zero attached hydrogens (tertiary/aromatic N) is 3. The van der Waals surface area contributed by atoms with E-state index in [-0.39, 0.29) is 0 Å². The van der Waals surface area contributed by atoms with E-state index in [9.17, 15) is 4.79 Å². The van der Waals surface area contributed by atoms with Crippen molar-refractivity contribution in [3.05, 3.63) is 29.3 Å². The lowest BCUT2D eigenvalue weighted by Gasteiger charge is -2.37. The quantitative estimate of drug-likeness (QED) is 0.835. The van der Waals surface area contributed by atoms with E-state index in [4.69, 9.17) is 11.6 Å². The first-order valence-electron chi connectivity index (χ1n) is 9.12. The second-order valence-electron chi connectivity index (χ2n) is 7.14. The number of carbonyl (C=O) groups is 1. The molecule has 1 atom stereocenters. The largest absolute Gasteiger partial charge is 0.368 e. The van der Waals surface area contributed by atoms with E-state index in [0.29, 0.717) is 12.3 Å². The van der Waals surface area contributed by atoms with Crippen molar-refractivity contribution in [3.8, 4) is 0 Å². The average molecular weight is 350 g/mol. The summed E-state index contributed by atoms with van der Waals surface area (Å²) in [5.74, 6) is 1.08. The molecule has 0 saturated carbocycles. The van der Waals surface area contributed by atoms with Gasteiger partial charge < -0.3 is 14.7 Å². The van der Waals surface area contributed by atoms with E-state index in [1.54, 1.807) is 0 Å². The Bertz CT molecular complexity index is 540. The number of rotatable bonds is 4. The summed E-state index contributed by atoms with van der Waals surface area (Å²) in [7, 11) is 0. The first kappa shape index (κ1) is 17.6. The Morgan fingerprint density at radius 2 is 1.83 bits per heavy atom. The van der Waals surface area contributed by atoms with Gasteiger partial charge in [0.1, 0.15) is 0 Å². The molecule has 2 fully saturated rings. The lowest BCUT2D eigenvalue weighted by molar-refractivity contribution is -0.131. The van der Waals surface area contributed by atoms with E-state index >= 15 is 0 Å². The summed E-state index contributed by atoms with van der Waals surface area (Å²) >= 11 is 5.95. The van der Waals surface area contributed by atoms with Crippen molar-refractivity contribution in [2.75, 3.05) is 50.7 Å². The number of likely N-dealkylation sites (tertiary alicyclic amines) is 1. The molecule has 0 bridgehead atoms. The normalized spacial score (nSPS) is 22.7. The van der Waals surface area contributed by atoms with Crippen LogP contribution in [0.2, 0.25) is 5.02 Å². The SMILES string of the molecule is CC1CCCN(CCC(=O)N2CCN(c3ccc(Cl)cc3)CC2)C1. The molecule has 4 nitrogen and oxygen atoms in total. The van der Waals surface area contributed by atoms with Crippen LogP contribution < -0.4 is 4.90 Å². The fraction of sp³-hybridized carbons (Fsp3) is 0.632. The monoisotopic (exact) mass is 349 g/mol. The molecule has 0 spiro atoms. The zero-order valence-corrected chi connectivity index (χ0v) is 15.3. The molecule has 0 aliphatic carbocycles. The van der Waals surface area contributed by atoms with Crippen molar-refractivity contribution in [1.29, 1.82) is 0 Å². The zero-order chi connectivity index (χ0) is 16.9. The number of amides is 1. The summed E-state index contributed by atoms with van der Waals surface area (Å²) < 4.78 is 0. The Kier molecular flexibility index (Phi) is 6.01. The summed E-state index contributed by atoms with van der Waals surface area (Å²) in [6, 6.07) is 7.96. The highest BCUT2D eigenvalue weighted by atomic mass is 35.5. The van der Waals surface area contributed by atoms with Gasteiger partial charge in [-0.2, -0.15) is 0 Å². The molecule has 5 heteroatoms. The third-order valence-electron chi connectivity index (χ3n) is 5.21. The zero-order valence-electron chi connectivity index (χ0n) is 14.6. The van der Waals surface area contributed by atoms with E-state index in [1.807, 2.05) is 17.0 Å². The highest BCUT2D eigenvalue weighted by Crippen LogP contribution is 2.20. The van der Waals surface area contributed by atoms with Gasteiger partial charge in [0, 0.05) is 56.4 Å². The molecule has 24 heavy (non-hydrogen) atoms. The highest BCUT2D eigenvalue weighted by Gasteiger charge is 2.22. The van der Waals surface area contributed by atoms with Gasteiger partial charge in [-0.3, -0.25) is 4.79 Å². The van der Waals surface area contributed by atoms with Gasteiger partial charge >= 0.3 is 0 Å². The maximum atomic E-state index is 12.5. The number of benzene rings is 1.